The molecule has 0 bridgehead atoms. The first-order valence-electron chi connectivity index (χ1n) is 38.1. The number of aliphatic hydroxyl groups is 1. The Morgan fingerprint density at radius 1 is 0.293 bits per heavy atom. The van der Waals surface area contributed by atoms with Crippen molar-refractivity contribution < 1.29 is 80.2 Å². The summed E-state index contributed by atoms with van der Waals surface area (Å²) in [4.78, 5) is 72.5. The molecule has 92 heavy (non-hydrogen) atoms. The predicted octanol–water partition coefficient (Wildman–Crippen LogP) is 21.3. The maximum absolute atomic E-state index is 13.1. The molecule has 0 aliphatic carbocycles. The molecular formula is C73H142O17P2. The van der Waals surface area contributed by atoms with Crippen LogP contribution in [0.4, 0.5) is 0 Å². The molecule has 0 aromatic rings. The fourth-order valence-electron chi connectivity index (χ4n) is 11.2. The summed E-state index contributed by atoms with van der Waals surface area (Å²) in [5, 5.41) is 10.6. The maximum atomic E-state index is 13.1. The van der Waals surface area contributed by atoms with Crippen molar-refractivity contribution in [3.05, 3.63) is 0 Å². The molecule has 0 aromatic heterocycles. The molecule has 0 saturated carbocycles. The monoisotopic (exact) mass is 1350 g/mol. The molecule has 0 radical (unpaired) electrons. The van der Waals surface area contributed by atoms with Gasteiger partial charge >= 0.3 is 39.5 Å². The zero-order valence-electron chi connectivity index (χ0n) is 59.7. The highest BCUT2D eigenvalue weighted by atomic mass is 31.2. The van der Waals surface area contributed by atoms with E-state index in [9.17, 15) is 43.2 Å². The minimum absolute atomic E-state index is 0.107. The van der Waals surface area contributed by atoms with E-state index in [0.29, 0.717) is 25.7 Å². The SMILES string of the molecule is CCCCCCCCCCCCCCCCCCC(=O)OC[C@H](COP(=O)(O)OC[C@@H](O)COP(=O)(O)OC[C@@H](COC(=O)CCCCCCCCC)OC(=O)CCCCCCCCCCCCCC)OC(=O)CCCCCCCCCCCCCCCCC(C)C. The van der Waals surface area contributed by atoms with Crippen molar-refractivity contribution in [3.8, 4) is 0 Å². The number of esters is 4. The van der Waals surface area contributed by atoms with Crippen molar-refractivity contribution in [2.45, 2.75) is 400 Å². The van der Waals surface area contributed by atoms with E-state index < -0.39 is 97.5 Å². The highest BCUT2D eigenvalue weighted by molar-refractivity contribution is 7.47. The van der Waals surface area contributed by atoms with Gasteiger partial charge in [-0.15, -0.1) is 0 Å². The summed E-state index contributed by atoms with van der Waals surface area (Å²) >= 11 is 0. The van der Waals surface area contributed by atoms with E-state index in [1.165, 1.54) is 193 Å². The standard InChI is InChI=1S/C73H142O17P2/c1-6-9-12-15-18-20-22-24-25-26-30-34-37-42-47-52-57-71(76)84-63-69(90-73(78)59-54-49-44-39-35-31-28-27-29-32-36-41-45-50-55-66(4)5)65-88-92(81,82)86-61-67(74)60-85-91(79,80)87-64-68(62-83-70(75)56-51-46-40-17-14-11-8-3)89-72(77)58-53-48-43-38-33-23-21-19-16-13-10-7-2/h66-69,74H,6-65H2,1-5H3,(H,79,80)(H,81,82)/t67-,68+,69+/m0/s1. The molecule has 5 atom stereocenters. The molecule has 0 spiro atoms. The fourth-order valence-corrected chi connectivity index (χ4v) is 12.8. The van der Waals surface area contributed by atoms with Gasteiger partial charge in [0.05, 0.1) is 26.4 Å². The van der Waals surface area contributed by atoms with Gasteiger partial charge in [-0.2, -0.15) is 0 Å². The largest absolute Gasteiger partial charge is 0.472 e. The maximum Gasteiger partial charge on any atom is 0.472 e. The van der Waals surface area contributed by atoms with Gasteiger partial charge in [0, 0.05) is 25.7 Å². The van der Waals surface area contributed by atoms with Crippen molar-refractivity contribution in [2.24, 2.45) is 5.92 Å². The minimum Gasteiger partial charge on any atom is -0.462 e. The van der Waals surface area contributed by atoms with Gasteiger partial charge in [-0.05, 0) is 31.6 Å². The average molecular weight is 1350 g/mol. The summed E-state index contributed by atoms with van der Waals surface area (Å²) in [6.07, 6.45) is 54.1. The Bertz CT molecular complexity index is 1770. The van der Waals surface area contributed by atoms with Crippen LogP contribution < -0.4 is 0 Å². The number of rotatable bonds is 73. The van der Waals surface area contributed by atoms with Gasteiger partial charge in [0.15, 0.2) is 12.2 Å². The predicted molar refractivity (Wildman–Crippen MR) is 372 cm³/mol. The van der Waals surface area contributed by atoms with Crippen LogP contribution in [-0.4, -0.2) is 96.7 Å². The van der Waals surface area contributed by atoms with Gasteiger partial charge in [-0.1, -0.05) is 330 Å². The number of carbonyl (C=O) groups is 4. The lowest BCUT2D eigenvalue weighted by molar-refractivity contribution is -0.161. The lowest BCUT2D eigenvalue weighted by atomic mass is 10.0. The molecule has 0 amide bonds. The van der Waals surface area contributed by atoms with E-state index in [-0.39, 0.29) is 25.7 Å². The van der Waals surface area contributed by atoms with E-state index in [1.54, 1.807) is 0 Å². The Balaban J connectivity index is 5.20. The van der Waals surface area contributed by atoms with Crippen LogP contribution in [0.5, 0.6) is 0 Å². The molecule has 0 aromatic carbocycles. The third-order valence-corrected chi connectivity index (χ3v) is 18.9. The summed E-state index contributed by atoms with van der Waals surface area (Å²) in [5.41, 5.74) is 0. The number of hydrogen-bond acceptors (Lipinski definition) is 15. The molecule has 0 heterocycles. The molecule has 546 valence electrons. The van der Waals surface area contributed by atoms with Crippen LogP contribution in [-0.2, 0) is 65.4 Å². The van der Waals surface area contributed by atoms with Crippen LogP contribution in [0.1, 0.15) is 381 Å². The first-order valence-corrected chi connectivity index (χ1v) is 41.1. The number of hydrogen-bond donors (Lipinski definition) is 3. The van der Waals surface area contributed by atoms with Crippen LogP contribution >= 0.6 is 15.6 Å². The molecule has 2 unspecified atom stereocenters. The van der Waals surface area contributed by atoms with Crippen LogP contribution in [0, 0.1) is 5.92 Å². The molecular weight excluding hydrogens is 1210 g/mol. The van der Waals surface area contributed by atoms with E-state index in [4.69, 9.17) is 37.0 Å². The molecule has 3 N–H and O–H groups in total. The smallest absolute Gasteiger partial charge is 0.462 e. The van der Waals surface area contributed by atoms with Crippen molar-refractivity contribution in [3.63, 3.8) is 0 Å². The normalized spacial score (nSPS) is 14.0. The van der Waals surface area contributed by atoms with Crippen molar-refractivity contribution in [1.29, 1.82) is 0 Å². The number of unbranched alkanes of at least 4 members (excludes halogenated alkanes) is 45. The second-order valence-electron chi connectivity index (χ2n) is 26.8. The molecule has 17 nitrogen and oxygen atoms in total. The summed E-state index contributed by atoms with van der Waals surface area (Å²) in [5.74, 6) is -1.33. The number of carbonyl (C=O) groups excluding carboxylic acids is 4. The average Bonchev–Trinajstić information content (AvgIpc) is 1.57. The second kappa shape index (κ2) is 66.3. The fraction of sp³-hybridized carbons (Fsp3) is 0.945. The van der Waals surface area contributed by atoms with Crippen LogP contribution in [0.3, 0.4) is 0 Å². The summed E-state index contributed by atoms with van der Waals surface area (Å²) in [7, 11) is -9.90. The Kier molecular flexibility index (Phi) is 64.9. The molecule has 0 saturated heterocycles. The highest BCUT2D eigenvalue weighted by Gasteiger charge is 2.30. The Morgan fingerprint density at radius 2 is 0.500 bits per heavy atom. The van der Waals surface area contributed by atoms with Crippen molar-refractivity contribution >= 4 is 39.5 Å². The van der Waals surface area contributed by atoms with Gasteiger partial charge in [-0.3, -0.25) is 37.3 Å². The zero-order valence-corrected chi connectivity index (χ0v) is 61.5. The Labute approximate surface area is 562 Å². The highest BCUT2D eigenvalue weighted by Crippen LogP contribution is 2.45. The quantitative estimate of drug-likeness (QED) is 0.0222. The third kappa shape index (κ3) is 66.7. The van der Waals surface area contributed by atoms with Crippen LogP contribution in [0.25, 0.3) is 0 Å². The molecule has 0 aliphatic rings. The Morgan fingerprint density at radius 3 is 0.739 bits per heavy atom. The van der Waals surface area contributed by atoms with Gasteiger partial charge in [0.1, 0.15) is 19.3 Å². The van der Waals surface area contributed by atoms with E-state index >= 15 is 0 Å². The van der Waals surface area contributed by atoms with E-state index in [0.717, 1.165) is 109 Å². The van der Waals surface area contributed by atoms with E-state index in [1.807, 2.05) is 0 Å². The summed E-state index contributed by atoms with van der Waals surface area (Å²) in [6.45, 7) is 7.26. The van der Waals surface area contributed by atoms with E-state index in [2.05, 4.69) is 34.6 Å². The molecule has 0 rings (SSSR count). The lowest BCUT2D eigenvalue weighted by Gasteiger charge is -2.21. The number of ether oxygens (including phenoxy) is 4. The Hall–Kier alpha value is -1.94. The van der Waals surface area contributed by atoms with Gasteiger partial charge in [0.2, 0.25) is 0 Å². The van der Waals surface area contributed by atoms with Crippen LogP contribution in [0.2, 0.25) is 0 Å². The first-order chi connectivity index (χ1) is 44.5. The number of phosphoric acid groups is 2. The molecule has 0 fully saturated rings. The minimum atomic E-state index is -4.95. The van der Waals surface area contributed by atoms with Gasteiger partial charge in [0.25, 0.3) is 0 Å². The topological polar surface area (TPSA) is 237 Å². The zero-order chi connectivity index (χ0) is 67.7. The van der Waals surface area contributed by atoms with Gasteiger partial charge < -0.3 is 33.8 Å². The lowest BCUT2D eigenvalue weighted by Crippen LogP contribution is -2.30. The molecule has 19 heteroatoms. The van der Waals surface area contributed by atoms with Gasteiger partial charge in [-0.25, -0.2) is 9.13 Å². The molecule has 0 aliphatic heterocycles. The van der Waals surface area contributed by atoms with Crippen LogP contribution in [0.15, 0.2) is 0 Å². The summed E-state index contributed by atoms with van der Waals surface area (Å²) in [6, 6.07) is 0. The van der Waals surface area contributed by atoms with Crippen molar-refractivity contribution in [1.82, 2.24) is 0 Å². The van der Waals surface area contributed by atoms with Crippen molar-refractivity contribution in [2.75, 3.05) is 39.6 Å². The number of phosphoric ester groups is 2. The number of aliphatic hydroxyl groups excluding tert-OH is 1. The summed E-state index contributed by atoms with van der Waals surface area (Å²) < 4.78 is 68.3. The second-order valence-corrected chi connectivity index (χ2v) is 29.7. The first kappa shape index (κ1) is 90.1. The third-order valence-electron chi connectivity index (χ3n) is 17.0.